The zero-order chi connectivity index (χ0) is 17.4. The van der Waals surface area contributed by atoms with Crippen molar-refractivity contribution in [3.05, 3.63) is 28.8 Å². The summed E-state index contributed by atoms with van der Waals surface area (Å²) in [4.78, 5) is 15.4. The summed E-state index contributed by atoms with van der Waals surface area (Å²) in [6.07, 6.45) is 5.35. The highest BCUT2D eigenvalue weighted by Crippen LogP contribution is 2.29. The summed E-state index contributed by atoms with van der Waals surface area (Å²) >= 11 is 6.22. The molecule has 0 aromatic heterocycles. The van der Waals surface area contributed by atoms with E-state index in [0.29, 0.717) is 17.3 Å². The van der Waals surface area contributed by atoms with Crippen molar-refractivity contribution in [3.63, 3.8) is 0 Å². The van der Waals surface area contributed by atoms with Gasteiger partial charge in [0.2, 0.25) is 0 Å². The fourth-order valence-corrected chi connectivity index (χ4v) is 2.87. The highest BCUT2D eigenvalue weighted by Gasteiger charge is 2.23. The van der Waals surface area contributed by atoms with Crippen LogP contribution in [0.2, 0.25) is 5.02 Å². The number of halogens is 1. The van der Waals surface area contributed by atoms with Crippen molar-refractivity contribution in [2.24, 2.45) is 5.73 Å². The van der Waals surface area contributed by atoms with Crippen LogP contribution < -0.4 is 10.6 Å². The number of carbonyl (C=O) groups excluding carboxylic acids is 1. The van der Waals surface area contributed by atoms with Gasteiger partial charge < -0.3 is 5.73 Å². The van der Waals surface area contributed by atoms with Crippen molar-refractivity contribution >= 4 is 29.3 Å². The highest BCUT2D eigenvalue weighted by molar-refractivity contribution is 6.34. The molecule has 6 heteroatoms. The van der Waals surface area contributed by atoms with E-state index in [-0.39, 0.29) is 12.0 Å². The van der Waals surface area contributed by atoms with Crippen molar-refractivity contribution in [2.45, 2.75) is 46.0 Å². The van der Waals surface area contributed by atoms with Crippen LogP contribution in [0.1, 0.15) is 44.6 Å². The molecule has 2 amide bonds. The van der Waals surface area contributed by atoms with Crippen LogP contribution in [0, 0.1) is 12.3 Å². The topological polar surface area (TPSA) is 73.4 Å². The van der Waals surface area contributed by atoms with E-state index in [1.165, 1.54) is 22.6 Å². The molecule has 0 unspecified atom stereocenters. The first-order valence-corrected chi connectivity index (χ1v) is 8.42. The highest BCUT2D eigenvalue weighted by atomic mass is 35.5. The lowest BCUT2D eigenvalue weighted by atomic mass is 10.1. The van der Waals surface area contributed by atoms with Gasteiger partial charge in [0.05, 0.1) is 10.7 Å². The Kier molecular flexibility index (Phi) is 7.89. The van der Waals surface area contributed by atoms with Crippen LogP contribution >= 0.6 is 11.6 Å². The van der Waals surface area contributed by atoms with E-state index in [0.717, 1.165) is 24.8 Å². The zero-order valence-electron chi connectivity index (χ0n) is 14.2. The van der Waals surface area contributed by atoms with Gasteiger partial charge in [0, 0.05) is 13.6 Å². The number of aryl methyl sites for hydroxylation is 1. The third kappa shape index (κ3) is 5.43. The lowest BCUT2D eigenvalue weighted by Crippen LogP contribution is -2.48. The molecule has 128 valence electrons. The molecule has 5 nitrogen and oxygen atoms in total. The van der Waals surface area contributed by atoms with Gasteiger partial charge in [-0.3, -0.25) is 15.2 Å². The molecule has 0 fully saturated rings. The SMILES string of the molecule is CCCCCCCN(C(=N)N)C(=O)N(C)c1c(C)cccc1Cl. The molecule has 0 aliphatic carbocycles. The van der Waals surface area contributed by atoms with Gasteiger partial charge in [-0.1, -0.05) is 56.3 Å². The minimum absolute atomic E-state index is 0.234. The number of amides is 2. The van der Waals surface area contributed by atoms with Crippen molar-refractivity contribution in [2.75, 3.05) is 18.5 Å². The van der Waals surface area contributed by atoms with Crippen molar-refractivity contribution < 1.29 is 4.79 Å². The molecule has 0 aliphatic rings. The zero-order valence-corrected chi connectivity index (χ0v) is 15.0. The Balaban J connectivity index is 2.79. The summed E-state index contributed by atoms with van der Waals surface area (Å²) in [6, 6.07) is 5.16. The summed E-state index contributed by atoms with van der Waals surface area (Å²) in [5, 5.41) is 8.19. The van der Waals surface area contributed by atoms with Gasteiger partial charge in [-0.05, 0) is 25.0 Å². The molecule has 3 N–H and O–H groups in total. The minimum atomic E-state index is -0.329. The Bertz CT molecular complexity index is 527. The number of nitrogens with one attached hydrogen (secondary N) is 1. The Morgan fingerprint density at radius 3 is 2.48 bits per heavy atom. The van der Waals surface area contributed by atoms with E-state index in [1.807, 2.05) is 19.1 Å². The minimum Gasteiger partial charge on any atom is -0.370 e. The van der Waals surface area contributed by atoms with E-state index in [4.69, 9.17) is 22.7 Å². The molecule has 1 aromatic carbocycles. The van der Waals surface area contributed by atoms with Crippen molar-refractivity contribution in [1.82, 2.24) is 4.90 Å². The maximum absolute atomic E-state index is 12.7. The first-order chi connectivity index (χ1) is 10.9. The molecule has 23 heavy (non-hydrogen) atoms. The molecule has 0 bridgehead atoms. The summed E-state index contributed by atoms with van der Waals surface area (Å²) < 4.78 is 0. The molecule has 1 rings (SSSR count). The maximum atomic E-state index is 12.7. The van der Waals surface area contributed by atoms with Crippen LogP contribution in [0.3, 0.4) is 0 Å². The Morgan fingerprint density at radius 2 is 1.91 bits per heavy atom. The van der Waals surface area contributed by atoms with Crippen LogP contribution in [0.25, 0.3) is 0 Å². The van der Waals surface area contributed by atoms with Crippen LogP contribution in [-0.2, 0) is 0 Å². The number of nitrogens with two attached hydrogens (primary N) is 1. The lowest BCUT2D eigenvalue weighted by Gasteiger charge is -2.28. The predicted molar refractivity (Wildman–Crippen MR) is 97.4 cm³/mol. The number of benzene rings is 1. The second-order valence-electron chi connectivity index (χ2n) is 5.70. The van der Waals surface area contributed by atoms with Gasteiger partial charge >= 0.3 is 6.03 Å². The third-order valence-corrected chi connectivity index (χ3v) is 4.12. The maximum Gasteiger partial charge on any atom is 0.331 e. The number of anilines is 1. The number of hydrogen-bond acceptors (Lipinski definition) is 2. The molecule has 0 heterocycles. The first kappa shape index (κ1) is 19.3. The van der Waals surface area contributed by atoms with E-state index >= 15 is 0 Å². The summed E-state index contributed by atoms with van der Waals surface area (Å²) in [5.74, 6) is -0.234. The summed E-state index contributed by atoms with van der Waals surface area (Å²) in [5.41, 5.74) is 7.15. The fourth-order valence-electron chi connectivity index (χ4n) is 2.52. The Morgan fingerprint density at radius 1 is 1.26 bits per heavy atom. The number of urea groups is 1. The van der Waals surface area contributed by atoms with Gasteiger partial charge in [-0.15, -0.1) is 0 Å². The summed E-state index contributed by atoms with van der Waals surface area (Å²) in [7, 11) is 1.66. The van der Waals surface area contributed by atoms with Gasteiger partial charge in [-0.25, -0.2) is 4.79 Å². The second-order valence-corrected chi connectivity index (χ2v) is 6.11. The third-order valence-electron chi connectivity index (χ3n) is 3.82. The van der Waals surface area contributed by atoms with Crippen LogP contribution in [0.15, 0.2) is 18.2 Å². The van der Waals surface area contributed by atoms with E-state index in [9.17, 15) is 4.79 Å². The Hall–Kier alpha value is -1.75. The van der Waals surface area contributed by atoms with Gasteiger partial charge in [-0.2, -0.15) is 0 Å². The number of nitrogens with zero attached hydrogens (tertiary/aromatic N) is 2. The molecule has 0 saturated heterocycles. The predicted octanol–water partition coefficient (Wildman–Crippen LogP) is 4.37. The van der Waals surface area contributed by atoms with Gasteiger partial charge in [0.15, 0.2) is 5.96 Å². The number of unbranched alkanes of at least 4 members (excludes halogenated alkanes) is 4. The first-order valence-electron chi connectivity index (χ1n) is 8.04. The van der Waals surface area contributed by atoms with Crippen LogP contribution in [0.4, 0.5) is 10.5 Å². The number of hydrogen-bond donors (Lipinski definition) is 2. The fraction of sp³-hybridized carbons (Fsp3) is 0.529. The summed E-state index contributed by atoms with van der Waals surface area (Å²) in [6.45, 7) is 4.51. The smallest absolute Gasteiger partial charge is 0.331 e. The number of rotatable bonds is 7. The molecule has 0 radical (unpaired) electrons. The molecular formula is C17H27ClN4O. The molecule has 0 atom stereocenters. The monoisotopic (exact) mass is 338 g/mol. The lowest BCUT2D eigenvalue weighted by molar-refractivity contribution is 0.227. The van der Waals surface area contributed by atoms with Gasteiger partial charge in [0.25, 0.3) is 0 Å². The number of carbonyl (C=O) groups is 1. The average Bonchev–Trinajstić information content (AvgIpc) is 2.49. The average molecular weight is 339 g/mol. The molecule has 0 saturated carbocycles. The quantitative estimate of drug-likeness (QED) is 0.440. The van der Waals surface area contributed by atoms with Crippen molar-refractivity contribution in [1.29, 1.82) is 5.41 Å². The standard InChI is InChI=1S/C17H27ClN4O/c1-4-5-6-7-8-12-22(16(19)20)17(23)21(3)15-13(2)10-9-11-14(15)18/h9-11H,4-8,12H2,1-3H3,(H3,19,20). The van der Waals surface area contributed by atoms with E-state index in [2.05, 4.69) is 6.92 Å². The molecular weight excluding hydrogens is 312 g/mol. The molecule has 0 spiro atoms. The second kappa shape index (κ2) is 9.40. The number of para-hydroxylation sites is 1. The number of guanidine groups is 1. The normalized spacial score (nSPS) is 10.4. The van der Waals surface area contributed by atoms with Crippen molar-refractivity contribution in [3.8, 4) is 0 Å². The van der Waals surface area contributed by atoms with Crippen LogP contribution in [0.5, 0.6) is 0 Å². The molecule has 0 aliphatic heterocycles. The Labute approximate surface area is 143 Å². The molecule has 1 aromatic rings. The van der Waals surface area contributed by atoms with E-state index < -0.39 is 0 Å². The largest absolute Gasteiger partial charge is 0.370 e. The van der Waals surface area contributed by atoms with Gasteiger partial charge in [0.1, 0.15) is 0 Å². The van der Waals surface area contributed by atoms with E-state index in [1.54, 1.807) is 13.1 Å². The van der Waals surface area contributed by atoms with Crippen LogP contribution in [-0.4, -0.2) is 30.5 Å².